The third-order valence-electron chi connectivity index (χ3n) is 3.68. The van der Waals surface area contributed by atoms with Gasteiger partial charge in [-0.3, -0.25) is 4.79 Å². The average Bonchev–Trinajstić information content (AvgIpc) is 2.75. The van der Waals surface area contributed by atoms with Crippen molar-refractivity contribution in [2.75, 3.05) is 16.4 Å². The van der Waals surface area contributed by atoms with Crippen LogP contribution in [0.5, 0.6) is 0 Å². The van der Waals surface area contributed by atoms with E-state index in [0.29, 0.717) is 6.42 Å². The van der Waals surface area contributed by atoms with Gasteiger partial charge in [0.1, 0.15) is 0 Å². The van der Waals surface area contributed by atoms with Gasteiger partial charge in [-0.2, -0.15) is 0 Å². The predicted molar refractivity (Wildman–Crippen MR) is 82.4 cm³/mol. The second kappa shape index (κ2) is 4.56. The van der Waals surface area contributed by atoms with Gasteiger partial charge in [0.15, 0.2) is 0 Å². The standard InChI is InChI=1S/C16H17N3O/c1-9-5-13(17)15(6-10(9)2)18-12-3-4-14-11(7-12)8-16(20)19-14/h3-7,18H,8,17H2,1-2H3,(H,19,20). The summed E-state index contributed by atoms with van der Waals surface area (Å²) in [5.74, 6) is 0.0443. The Balaban J connectivity index is 1.91. The molecule has 0 bridgehead atoms. The minimum absolute atomic E-state index is 0.0443. The van der Waals surface area contributed by atoms with Gasteiger partial charge in [-0.25, -0.2) is 0 Å². The second-order valence-corrected chi connectivity index (χ2v) is 5.25. The zero-order valence-electron chi connectivity index (χ0n) is 11.6. The Labute approximate surface area is 118 Å². The molecule has 3 rings (SSSR count). The largest absolute Gasteiger partial charge is 0.397 e. The lowest BCUT2D eigenvalue weighted by molar-refractivity contribution is -0.115. The van der Waals surface area contributed by atoms with Crippen LogP contribution in [0.3, 0.4) is 0 Å². The molecule has 0 aromatic heterocycles. The molecule has 0 saturated heterocycles. The maximum absolute atomic E-state index is 11.4. The van der Waals surface area contributed by atoms with E-state index in [1.807, 2.05) is 37.3 Å². The van der Waals surface area contributed by atoms with Gasteiger partial charge >= 0.3 is 0 Å². The lowest BCUT2D eigenvalue weighted by Crippen LogP contribution is -2.03. The molecular weight excluding hydrogens is 250 g/mol. The number of hydrogen-bond acceptors (Lipinski definition) is 3. The number of hydrogen-bond donors (Lipinski definition) is 3. The van der Waals surface area contributed by atoms with Gasteiger partial charge in [-0.1, -0.05) is 0 Å². The first kappa shape index (κ1) is 12.5. The van der Waals surface area contributed by atoms with E-state index in [-0.39, 0.29) is 5.91 Å². The van der Waals surface area contributed by atoms with E-state index in [2.05, 4.69) is 17.6 Å². The topological polar surface area (TPSA) is 67.1 Å². The molecule has 0 unspecified atom stereocenters. The number of rotatable bonds is 2. The smallest absolute Gasteiger partial charge is 0.228 e. The highest BCUT2D eigenvalue weighted by atomic mass is 16.1. The van der Waals surface area contributed by atoms with Gasteiger partial charge in [0.05, 0.1) is 17.8 Å². The number of nitrogen functional groups attached to an aromatic ring is 1. The van der Waals surface area contributed by atoms with Crippen LogP contribution in [0.4, 0.5) is 22.7 Å². The van der Waals surface area contributed by atoms with Crippen LogP contribution in [0.2, 0.25) is 0 Å². The van der Waals surface area contributed by atoms with Crippen LogP contribution in [0.1, 0.15) is 16.7 Å². The van der Waals surface area contributed by atoms with Crippen molar-refractivity contribution in [3.63, 3.8) is 0 Å². The Kier molecular flexibility index (Phi) is 2.86. The summed E-state index contributed by atoms with van der Waals surface area (Å²) in [6.07, 6.45) is 0.438. The molecule has 0 atom stereocenters. The highest BCUT2D eigenvalue weighted by Gasteiger charge is 2.17. The summed E-state index contributed by atoms with van der Waals surface area (Å²) in [6.45, 7) is 4.10. The summed E-state index contributed by atoms with van der Waals surface area (Å²) >= 11 is 0. The molecule has 4 nitrogen and oxygen atoms in total. The molecular formula is C16H17N3O. The molecule has 1 amide bonds. The van der Waals surface area contributed by atoms with E-state index < -0.39 is 0 Å². The van der Waals surface area contributed by atoms with Crippen molar-refractivity contribution in [3.8, 4) is 0 Å². The molecule has 102 valence electrons. The Morgan fingerprint density at radius 2 is 1.90 bits per heavy atom. The van der Waals surface area contributed by atoms with Crippen molar-refractivity contribution in [2.45, 2.75) is 20.3 Å². The summed E-state index contributed by atoms with van der Waals surface area (Å²) in [5.41, 5.74) is 12.9. The van der Waals surface area contributed by atoms with Gasteiger partial charge in [-0.05, 0) is 60.9 Å². The van der Waals surface area contributed by atoms with Gasteiger partial charge in [0, 0.05) is 11.4 Å². The van der Waals surface area contributed by atoms with Gasteiger partial charge < -0.3 is 16.4 Å². The lowest BCUT2D eigenvalue weighted by atomic mass is 10.1. The maximum Gasteiger partial charge on any atom is 0.228 e. The third kappa shape index (κ3) is 2.20. The summed E-state index contributed by atoms with van der Waals surface area (Å²) in [4.78, 5) is 11.4. The molecule has 0 radical (unpaired) electrons. The molecule has 0 saturated carbocycles. The summed E-state index contributed by atoms with van der Waals surface area (Å²) in [7, 11) is 0. The maximum atomic E-state index is 11.4. The molecule has 0 aliphatic carbocycles. The number of carbonyl (C=O) groups excluding carboxylic acids is 1. The second-order valence-electron chi connectivity index (χ2n) is 5.25. The van der Waals surface area contributed by atoms with Crippen molar-refractivity contribution in [1.82, 2.24) is 0 Å². The molecule has 0 fully saturated rings. The van der Waals surface area contributed by atoms with Crippen LogP contribution < -0.4 is 16.4 Å². The minimum Gasteiger partial charge on any atom is -0.397 e. The highest BCUT2D eigenvalue weighted by Crippen LogP contribution is 2.30. The summed E-state index contributed by atoms with van der Waals surface area (Å²) in [5, 5.41) is 6.15. The number of carbonyl (C=O) groups is 1. The number of anilines is 4. The number of benzene rings is 2. The first-order chi connectivity index (χ1) is 9.52. The van der Waals surface area contributed by atoms with Crippen LogP contribution in [0, 0.1) is 13.8 Å². The molecule has 1 aliphatic rings. The molecule has 20 heavy (non-hydrogen) atoms. The Hall–Kier alpha value is -2.49. The zero-order chi connectivity index (χ0) is 14.3. The third-order valence-corrected chi connectivity index (χ3v) is 3.68. The Morgan fingerprint density at radius 1 is 1.15 bits per heavy atom. The van der Waals surface area contributed by atoms with Crippen molar-refractivity contribution >= 4 is 28.7 Å². The first-order valence-electron chi connectivity index (χ1n) is 6.59. The fourth-order valence-electron chi connectivity index (χ4n) is 2.41. The zero-order valence-corrected chi connectivity index (χ0v) is 11.6. The molecule has 1 heterocycles. The monoisotopic (exact) mass is 267 g/mol. The SMILES string of the molecule is Cc1cc(N)c(Nc2ccc3c(c2)CC(=O)N3)cc1C. The van der Waals surface area contributed by atoms with Crippen LogP contribution >= 0.6 is 0 Å². The van der Waals surface area contributed by atoms with Crippen molar-refractivity contribution in [2.24, 2.45) is 0 Å². The number of fused-ring (bicyclic) bond motifs is 1. The van der Waals surface area contributed by atoms with Crippen LogP contribution in [0.25, 0.3) is 0 Å². The summed E-state index contributed by atoms with van der Waals surface area (Å²) < 4.78 is 0. The number of nitrogens with one attached hydrogen (secondary N) is 2. The normalized spacial score (nSPS) is 13.0. The molecule has 2 aromatic carbocycles. The van der Waals surface area contributed by atoms with Crippen LogP contribution in [-0.4, -0.2) is 5.91 Å². The average molecular weight is 267 g/mol. The number of aryl methyl sites for hydroxylation is 2. The highest BCUT2D eigenvalue weighted by molar-refractivity contribution is 5.99. The number of nitrogens with two attached hydrogens (primary N) is 1. The van der Waals surface area contributed by atoms with Gasteiger partial charge in [-0.15, -0.1) is 0 Å². The van der Waals surface area contributed by atoms with Crippen LogP contribution in [0.15, 0.2) is 30.3 Å². The van der Waals surface area contributed by atoms with Crippen molar-refractivity contribution in [3.05, 3.63) is 47.0 Å². The Morgan fingerprint density at radius 3 is 2.70 bits per heavy atom. The van der Waals surface area contributed by atoms with E-state index >= 15 is 0 Å². The quantitative estimate of drug-likeness (QED) is 0.732. The van der Waals surface area contributed by atoms with Crippen molar-refractivity contribution in [1.29, 1.82) is 0 Å². The van der Waals surface area contributed by atoms with Crippen molar-refractivity contribution < 1.29 is 4.79 Å². The first-order valence-corrected chi connectivity index (χ1v) is 6.59. The summed E-state index contributed by atoms with van der Waals surface area (Å²) in [6, 6.07) is 9.86. The molecule has 4 heteroatoms. The van der Waals surface area contributed by atoms with E-state index in [9.17, 15) is 4.79 Å². The molecule has 2 aromatic rings. The van der Waals surface area contributed by atoms with Gasteiger partial charge in [0.2, 0.25) is 5.91 Å². The Bertz CT molecular complexity index is 707. The molecule has 0 spiro atoms. The molecule has 1 aliphatic heterocycles. The fraction of sp³-hybridized carbons (Fsp3) is 0.188. The number of amides is 1. The van der Waals surface area contributed by atoms with E-state index in [1.165, 1.54) is 11.1 Å². The fourth-order valence-corrected chi connectivity index (χ4v) is 2.41. The predicted octanol–water partition coefficient (Wildman–Crippen LogP) is 3.12. The van der Waals surface area contributed by atoms with E-state index in [0.717, 1.165) is 28.3 Å². The van der Waals surface area contributed by atoms with Gasteiger partial charge in [0.25, 0.3) is 0 Å². The van der Waals surface area contributed by atoms with Crippen LogP contribution in [-0.2, 0) is 11.2 Å². The van der Waals surface area contributed by atoms with E-state index in [1.54, 1.807) is 0 Å². The van der Waals surface area contributed by atoms with E-state index in [4.69, 9.17) is 5.73 Å². The lowest BCUT2D eigenvalue weighted by Gasteiger charge is -2.13. The molecule has 4 N–H and O–H groups in total. The minimum atomic E-state index is 0.0443.